The molecular formula is C24H38N4O4. The van der Waals surface area contributed by atoms with Gasteiger partial charge < -0.3 is 25.2 Å². The first-order valence-electron chi connectivity index (χ1n) is 12.4. The lowest BCUT2D eigenvalue weighted by Gasteiger charge is -2.40. The molecule has 8 heteroatoms. The molecule has 0 aliphatic carbocycles. The number of hydrogen-bond acceptors (Lipinski definition) is 5. The summed E-state index contributed by atoms with van der Waals surface area (Å²) in [7, 11) is 0. The highest BCUT2D eigenvalue weighted by molar-refractivity contribution is 5.88. The van der Waals surface area contributed by atoms with Crippen LogP contribution in [-0.2, 0) is 19.1 Å². The lowest BCUT2D eigenvalue weighted by atomic mass is 9.74. The van der Waals surface area contributed by atoms with Crippen molar-refractivity contribution in [3.8, 4) is 0 Å². The molecule has 0 unspecified atom stereocenters. The van der Waals surface area contributed by atoms with Gasteiger partial charge in [0.25, 0.3) is 0 Å². The number of amides is 3. The molecule has 4 aliphatic heterocycles. The average molecular weight is 447 g/mol. The second-order valence-electron chi connectivity index (χ2n) is 9.85. The first-order chi connectivity index (χ1) is 15.6. The van der Waals surface area contributed by atoms with E-state index in [1.165, 1.54) is 12.8 Å². The van der Waals surface area contributed by atoms with E-state index in [-0.39, 0.29) is 36.2 Å². The fourth-order valence-electron chi connectivity index (χ4n) is 5.53. The molecule has 0 bridgehead atoms. The molecule has 0 aromatic rings. The van der Waals surface area contributed by atoms with Crippen LogP contribution in [0.1, 0.15) is 51.4 Å². The highest BCUT2D eigenvalue weighted by Gasteiger charge is 2.41. The van der Waals surface area contributed by atoms with Crippen LogP contribution >= 0.6 is 0 Å². The van der Waals surface area contributed by atoms with Crippen molar-refractivity contribution >= 4 is 17.7 Å². The second-order valence-corrected chi connectivity index (χ2v) is 9.85. The van der Waals surface area contributed by atoms with Crippen LogP contribution in [0.2, 0.25) is 0 Å². The van der Waals surface area contributed by atoms with Crippen LogP contribution < -0.4 is 10.6 Å². The molecule has 8 nitrogen and oxygen atoms in total. The quantitative estimate of drug-likeness (QED) is 0.633. The molecule has 0 aromatic heterocycles. The van der Waals surface area contributed by atoms with E-state index in [1.807, 2.05) is 4.90 Å². The van der Waals surface area contributed by atoms with Gasteiger partial charge in [0.1, 0.15) is 0 Å². The number of nitrogens with zero attached hydrogens (tertiary/aromatic N) is 2. The number of ether oxygens (including phenoxy) is 1. The Kier molecular flexibility index (Phi) is 7.84. The molecule has 2 N–H and O–H groups in total. The summed E-state index contributed by atoms with van der Waals surface area (Å²) in [4.78, 5) is 42.6. The van der Waals surface area contributed by atoms with E-state index in [4.69, 9.17) is 4.74 Å². The molecule has 0 aromatic carbocycles. The molecule has 32 heavy (non-hydrogen) atoms. The number of carbonyl (C=O) groups excluding carboxylic acids is 3. The summed E-state index contributed by atoms with van der Waals surface area (Å²) < 4.78 is 5.62. The fraction of sp³-hybridized carbons (Fsp3) is 0.792. The Bertz CT molecular complexity index is 711. The topological polar surface area (TPSA) is 91.0 Å². The van der Waals surface area contributed by atoms with Gasteiger partial charge in [0, 0.05) is 44.6 Å². The van der Waals surface area contributed by atoms with Gasteiger partial charge >= 0.3 is 0 Å². The van der Waals surface area contributed by atoms with Gasteiger partial charge in [0.2, 0.25) is 17.7 Å². The second kappa shape index (κ2) is 10.8. The number of likely N-dealkylation sites (tertiary alicyclic amines) is 2. The molecule has 4 rings (SSSR count). The van der Waals surface area contributed by atoms with Crippen molar-refractivity contribution in [1.29, 1.82) is 0 Å². The van der Waals surface area contributed by atoms with E-state index in [2.05, 4.69) is 27.7 Å². The number of piperidine rings is 1. The van der Waals surface area contributed by atoms with Gasteiger partial charge in [-0.2, -0.15) is 0 Å². The Morgan fingerprint density at radius 1 is 1.12 bits per heavy atom. The van der Waals surface area contributed by atoms with Gasteiger partial charge in [0.05, 0.1) is 18.6 Å². The highest BCUT2D eigenvalue weighted by Crippen LogP contribution is 2.36. The molecule has 1 spiro atoms. The summed E-state index contributed by atoms with van der Waals surface area (Å²) in [6, 6.07) is 0.0981. The lowest BCUT2D eigenvalue weighted by Crippen LogP contribution is -2.53. The van der Waals surface area contributed by atoms with Crippen LogP contribution in [0.25, 0.3) is 0 Å². The minimum absolute atomic E-state index is 0.00680. The molecule has 4 aliphatic rings. The van der Waals surface area contributed by atoms with Crippen LogP contribution in [0, 0.1) is 11.3 Å². The summed E-state index contributed by atoms with van der Waals surface area (Å²) in [6.45, 7) is 5.57. The van der Waals surface area contributed by atoms with E-state index >= 15 is 0 Å². The summed E-state index contributed by atoms with van der Waals surface area (Å²) in [5, 5.41) is 5.97. The number of fused-ring (bicyclic) bond motifs is 1. The maximum absolute atomic E-state index is 13.2. The highest BCUT2D eigenvalue weighted by atomic mass is 16.5. The molecule has 2 atom stereocenters. The van der Waals surface area contributed by atoms with Crippen LogP contribution in [0.4, 0.5) is 0 Å². The third kappa shape index (κ3) is 5.70. The molecule has 3 amide bonds. The van der Waals surface area contributed by atoms with E-state index in [0.29, 0.717) is 52.0 Å². The number of hydrogen-bond donors (Lipinski definition) is 2. The third-order valence-electron chi connectivity index (χ3n) is 7.74. The van der Waals surface area contributed by atoms with Crippen LogP contribution in [0.5, 0.6) is 0 Å². The van der Waals surface area contributed by atoms with Crippen molar-refractivity contribution in [3.63, 3.8) is 0 Å². The van der Waals surface area contributed by atoms with Crippen molar-refractivity contribution < 1.29 is 19.1 Å². The standard InChI is InChI=1S/C24H38N4O4/c29-21-17-25-23(31)24(8-2-1-5-19-18-32-16-7-20(19)26-21)9-14-28(15-10-24)22(30)6-13-27-11-3-4-12-27/h1-2,19-20H,3-18H2,(H,25,31)(H,26,29)/b2-1+/t19-,20+/m0/s1. The summed E-state index contributed by atoms with van der Waals surface area (Å²) in [5.74, 6) is 0.263. The molecule has 4 heterocycles. The molecular weight excluding hydrogens is 408 g/mol. The van der Waals surface area contributed by atoms with Crippen LogP contribution in [0.15, 0.2) is 12.2 Å². The Morgan fingerprint density at radius 3 is 2.69 bits per heavy atom. The van der Waals surface area contributed by atoms with Gasteiger partial charge in [-0.3, -0.25) is 14.4 Å². The Balaban J connectivity index is 1.35. The molecule has 0 saturated carbocycles. The smallest absolute Gasteiger partial charge is 0.239 e. The van der Waals surface area contributed by atoms with E-state index < -0.39 is 5.41 Å². The lowest BCUT2D eigenvalue weighted by molar-refractivity contribution is -0.141. The predicted octanol–water partition coefficient (Wildman–Crippen LogP) is 1.07. The SMILES string of the molecule is O=C1CNC(=O)C2(C/C=C/C[C@H]3COCC[C@H]3N1)CCN(C(=O)CCN1CCCC1)CC2. The summed E-state index contributed by atoms with van der Waals surface area (Å²) >= 11 is 0. The average Bonchev–Trinajstić information content (AvgIpc) is 3.33. The molecule has 0 radical (unpaired) electrons. The largest absolute Gasteiger partial charge is 0.381 e. The molecule has 178 valence electrons. The van der Waals surface area contributed by atoms with E-state index in [1.54, 1.807) is 0 Å². The normalized spacial score (nSPS) is 30.6. The van der Waals surface area contributed by atoms with Crippen molar-refractivity contribution in [2.24, 2.45) is 11.3 Å². The van der Waals surface area contributed by atoms with Crippen molar-refractivity contribution in [2.45, 2.75) is 57.4 Å². The van der Waals surface area contributed by atoms with Gasteiger partial charge in [-0.1, -0.05) is 12.2 Å². The van der Waals surface area contributed by atoms with Crippen molar-refractivity contribution in [1.82, 2.24) is 20.4 Å². The van der Waals surface area contributed by atoms with Gasteiger partial charge in [-0.15, -0.1) is 0 Å². The summed E-state index contributed by atoms with van der Waals surface area (Å²) in [5.41, 5.74) is -0.551. The van der Waals surface area contributed by atoms with Gasteiger partial charge in [-0.05, 0) is 58.0 Å². The number of rotatable bonds is 3. The Hall–Kier alpha value is -1.93. The number of carbonyl (C=O) groups is 3. The predicted molar refractivity (Wildman–Crippen MR) is 121 cm³/mol. The number of allylic oxidation sites excluding steroid dienone is 2. The third-order valence-corrected chi connectivity index (χ3v) is 7.74. The maximum atomic E-state index is 13.2. The first kappa shape index (κ1) is 23.2. The molecule has 3 fully saturated rings. The Morgan fingerprint density at radius 2 is 1.91 bits per heavy atom. The zero-order valence-electron chi connectivity index (χ0n) is 19.2. The van der Waals surface area contributed by atoms with Gasteiger partial charge in [0.15, 0.2) is 0 Å². The van der Waals surface area contributed by atoms with E-state index in [0.717, 1.165) is 32.5 Å². The van der Waals surface area contributed by atoms with Crippen LogP contribution in [-0.4, -0.2) is 86.0 Å². The minimum atomic E-state index is -0.551. The van der Waals surface area contributed by atoms with E-state index in [9.17, 15) is 14.4 Å². The first-order valence-corrected chi connectivity index (χ1v) is 12.4. The zero-order valence-corrected chi connectivity index (χ0v) is 19.2. The maximum Gasteiger partial charge on any atom is 0.239 e. The van der Waals surface area contributed by atoms with Gasteiger partial charge in [-0.25, -0.2) is 0 Å². The van der Waals surface area contributed by atoms with Crippen LogP contribution in [0.3, 0.4) is 0 Å². The molecule has 3 saturated heterocycles. The van der Waals surface area contributed by atoms with Crippen molar-refractivity contribution in [3.05, 3.63) is 12.2 Å². The monoisotopic (exact) mass is 446 g/mol. The minimum Gasteiger partial charge on any atom is -0.381 e. The van der Waals surface area contributed by atoms with Crippen molar-refractivity contribution in [2.75, 3.05) is 52.5 Å². The number of nitrogens with one attached hydrogen (secondary N) is 2. The Labute approximate surface area is 191 Å². The zero-order chi connectivity index (χ0) is 22.4. The summed E-state index contributed by atoms with van der Waals surface area (Å²) in [6.07, 6.45) is 10.9. The fourth-order valence-corrected chi connectivity index (χ4v) is 5.53.